The second-order valence-corrected chi connectivity index (χ2v) is 12.6. The van der Waals surface area contributed by atoms with Crippen molar-refractivity contribution in [3.05, 3.63) is 59.4 Å². The zero-order valence-electron chi connectivity index (χ0n) is 20.7. The van der Waals surface area contributed by atoms with Crippen LogP contribution in [0.25, 0.3) is 0 Å². The van der Waals surface area contributed by atoms with Crippen molar-refractivity contribution in [2.75, 3.05) is 24.4 Å². The van der Waals surface area contributed by atoms with Gasteiger partial charge in [-0.2, -0.15) is 12.7 Å². The molecule has 3 aliphatic rings. The second kappa shape index (κ2) is 9.37. The maximum Gasteiger partial charge on any atom is 0.304 e. The Labute approximate surface area is 208 Å². The first-order valence-electron chi connectivity index (χ1n) is 12.8. The van der Waals surface area contributed by atoms with Crippen LogP contribution in [-0.2, 0) is 16.8 Å². The fourth-order valence-electron chi connectivity index (χ4n) is 6.55. The molecule has 1 saturated carbocycles. The van der Waals surface area contributed by atoms with Crippen molar-refractivity contribution in [2.24, 2.45) is 0 Å². The predicted octanol–water partition coefficient (Wildman–Crippen LogP) is 5.00. The first-order chi connectivity index (χ1) is 16.7. The Morgan fingerprint density at radius 1 is 1.11 bits per heavy atom. The van der Waals surface area contributed by atoms with E-state index in [2.05, 4.69) is 17.9 Å². The normalized spacial score (nSPS) is 28.1. The van der Waals surface area contributed by atoms with Gasteiger partial charge in [-0.15, -0.1) is 0 Å². The van der Waals surface area contributed by atoms with Crippen LogP contribution in [0.4, 0.5) is 10.1 Å². The molecule has 8 heteroatoms. The largest absolute Gasteiger partial charge is 0.508 e. The maximum absolute atomic E-state index is 14.0. The average molecular weight is 502 g/mol. The Balaban J connectivity index is 1.36. The maximum atomic E-state index is 14.0. The van der Waals surface area contributed by atoms with Crippen LogP contribution >= 0.6 is 0 Å². The van der Waals surface area contributed by atoms with Crippen molar-refractivity contribution in [3.63, 3.8) is 0 Å². The number of phenolic OH excluding ortho intramolecular Hbond substituents is 1. The molecule has 6 nitrogen and oxygen atoms in total. The fraction of sp³-hybridized carbons (Fsp3) is 0.556. The van der Waals surface area contributed by atoms with Gasteiger partial charge in [0.05, 0.1) is 11.2 Å². The molecule has 0 unspecified atom stereocenters. The number of nitrogens with zero attached hydrogens (tertiary/aromatic N) is 3. The minimum atomic E-state index is -3.71. The summed E-state index contributed by atoms with van der Waals surface area (Å²) >= 11 is 0. The summed E-state index contributed by atoms with van der Waals surface area (Å²) < 4.78 is 43.4. The van der Waals surface area contributed by atoms with Crippen molar-refractivity contribution < 1.29 is 17.9 Å². The Morgan fingerprint density at radius 2 is 1.89 bits per heavy atom. The molecule has 0 amide bonds. The van der Waals surface area contributed by atoms with E-state index in [0.717, 1.165) is 31.5 Å². The monoisotopic (exact) mass is 501 g/mol. The van der Waals surface area contributed by atoms with Gasteiger partial charge in [-0.3, -0.25) is 9.21 Å². The summed E-state index contributed by atoms with van der Waals surface area (Å²) in [7, 11) is -2.10. The van der Waals surface area contributed by atoms with E-state index in [1.165, 1.54) is 45.6 Å². The molecule has 3 fully saturated rings. The van der Waals surface area contributed by atoms with Gasteiger partial charge in [0, 0.05) is 32.7 Å². The SMILES string of the molecule is C[C@H]1C[C@]2(CCN1Cc1ccc(O)c(C3CCCCC3)c1)CN(C)S(=O)(=O)N2c1cccc(F)c1. The lowest BCUT2D eigenvalue weighted by Gasteiger charge is -2.47. The van der Waals surface area contributed by atoms with Gasteiger partial charge in [0.15, 0.2) is 0 Å². The summed E-state index contributed by atoms with van der Waals surface area (Å²) in [6.45, 7) is 4.06. The molecule has 2 saturated heterocycles. The predicted molar refractivity (Wildman–Crippen MR) is 136 cm³/mol. The molecule has 1 spiro atoms. The molecule has 5 rings (SSSR count). The molecule has 2 aromatic carbocycles. The van der Waals surface area contributed by atoms with Crippen molar-refractivity contribution >= 4 is 15.9 Å². The first-order valence-corrected chi connectivity index (χ1v) is 14.2. The van der Waals surface area contributed by atoms with Crippen molar-refractivity contribution in [1.82, 2.24) is 9.21 Å². The molecule has 2 atom stereocenters. The summed E-state index contributed by atoms with van der Waals surface area (Å²) in [5.41, 5.74) is 2.05. The summed E-state index contributed by atoms with van der Waals surface area (Å²) in [5, 5.41) is 10.5. The number of hydrogen-bond acceptors (Lipinski definition) is 4. The zero-order valence-corrected chi connectivity index (χ0v) is 21.5. The molecule has 1 aliphatic carbocycles. The molecule has 0 radical (unpaired) electrons. The number of likely N-dealkylation sites (N-methyl/N-ethyl adjacent to an activating group) is 1. The van der Waals surface area contributed by atoms with Gasteiger partial charge in [0.25, 0.3) is 0 Å². The third-order valence-corrected chi connectivity index (χ3v) is 10.3. The van der Waals surface area contributed by atoms with E-state index in [4.69, 9.17) is 0 Å². The summed E-state index contributed by atoms with van der Waals surface area (Å²) in [6, 6.07) is 12.1. The molecule has 190 valence electrons. The number of aromatic hydroxyl groups is 1. The molecule has 0 bridgehead atoms. The highest BCUT2D eigenvalue weighted by atomic mass is 32.2. The smallest absolute Gasteiger partial charge is 0.304 e. The van der Waals surface area contributed by atoms with Gasteiger partial charge in [-0.1, -0.05) is 37.5 Å². The quantitative estimate of drug-likeness (QED) is 0.641. The molecule has 2 heterocycles. The number of halogens is 1. The van der Waals surface area contributed by atoms with Crippen LogP contribution in [0, 0.1) is 5.82 Å². The highest BCUT2D eigenvalue weighted by Gasteiger charge is 2.55. The van der Waals surface area contributed by atoms with Gasteiger partial charge >= 0.3 is 10.2 Å². The van der Waals surface area contributed by atoms with E-state index in [0.29, 0.717) is 36.7 Å². The molecular weight excluding hydrogens is 465 g/mol. The number of phenols is 1. The van der Waals surface area contributed by atoms with E-state index < -0.39 is 21.6 Å². The van der Waals surface area contributed by atoms with Crippen molar-refractivity contribution in [2.45, 2.75) is 75.9 Å². The molecule has 0 aromatic heterocycles. The van der Waals surface area contributed by atoms with Crippen LogP contribution in [0.5, 0.6) is 5.75 Å². The Hall–Kier alpha value is -2.16. The number of hydrogen-bond donors (Lipinski definition) is 1. The number of anilines is 1. The minimum Gasteiger partial charge on any atom is -0.508 e. The standard InChI is InChI=1S/C27H36FN3O3S/c1-20-17-27(19-29(2)35(33,34)31(27)24-10-6-9-23(28)16-24)13-14-30(20)18-21-11-12-26(32)25(15-21)22-7-4-3-5-8-22/h6,9-12,15-16,20,22,32H,3-5,7-8,13-14,17-19H2,1-2H3/t20-,27+/m0/s1. The summed E-state index contributed by atoms with van der Waals surface area (Å²) in [4.78, 5) is 2.40. The van der Waals surface area contributed by atoms with Crippen LogP contribution in [0.1, 0.15) is 68.9 Å². The van der Waals surface area contributed by atoms with E-state index in [1.807, 2.05) is 12.1 Å². The molecule has 2 aliphatic heterocycles. The third kappa shape index (κ3) is 4.56. The Morgan fingerprint density at radius 3 is 2.60 bits per heavy atom. The minimum absolute atomic E-state index is 0.147. The topological polar surface area (TPSA) is 64.1 Å². The second-order valence-electron chi connectivity index (χ2n) is 10.7. The van der Waals surface area contributed by atoms with Crippen LogP contribution in [0.2, 0.25) is 0 Å². The third-order valence-electron chi connectivity index (χ3n) is 8.30. The van der Waals surface area contributed by atoms with Gasteiger partial charge in [-0.05, 0) is 73.9 Å². The van der Waals surface area contributed by atoms with Crippen molar-refractivity contribution in [3.8, 4) is 5.75 Å². The lowest BCUT2D eigenvalue weighted by atomic mass is 9.82. The highest BCUT2D eigenvalue weighted by Crippen LogP contribution is 2.44. The number of rotatable bonds is 4. The summed E-state index contributed by atoms with van der Waals surface area (Å²) in [5.74, 6) is 0.398. The molecule has 2 aromatic rings. The zero-order chi connectivity index (χ0) is 24.8. The lowest BCUT2D eigenvalue weighted by molar-refractivity contribution is 0.100. The van der Waals surface area contributed by atoms with Crippen LogP contribution in [0.3, 0.4) is 0 Å². The highest BCUT2D eigenvalue weighted by molar-refractivity contribution is 7.90. The molecular formula is C27H36FN3O3S. The summed E-state index contributed by atoms with van der Waals surface area (Å²) in [6.07, 6.45) is 7.33. The van der Waals surface area contributed by atoms with E-state index >= 15 is 0 Å². The number of benzene rings is 2. The number of likely N-dealkylation sites (tertiary alicyclic amines) is 1. The Bertz CT molecular complexity index is 1180. The fourth-order valence-corrected chi connectivity index (χ4v) is 8.32. The molecule has 1 N–H and O–H groups in total. The number of piperidine rings is 1. The Kier molecular flexibility index (Phi) is 6.57. The van der Waals surface area contributed by atoms with E-state index in [1.54, 1.807) is 19.2 Å². The van der Waals surface area contributed by atoms with E-state index in [9.17, 15) is 17.9 Å². The van der Waals surface area contributed by atoms with E-state index in [-0.39, 0.29) is 6.04 Å². The van der Waals surface area contributed by atoms with Gasteiger partial charge < -0.3 is 5.11 Å². The first kappa shape index (κ1) is 24.5. The van der Waals surface area contributed by atoms with Crippen LogP contribution in [-0.4, -0.2) is 54.4 Å². The van der Waals surface area contributed by atoms with Crippen molar-refractivity contribution in [1.29, 1.82) is 0 Å². The van der Waals surface area contributed by atoms with Crippen LogP contribution in [0.15, 0.2) is 42.5 Å². The van der Waals surface area contributed by atoms with Gasteiger partial charge in [0.2, 0.25) is 0 Å². The lowest BCUT2D eigenvalue weighted by Crippen LogP contribution is -2.57. The van der Waals surface area contributed by atoms with Gasteiger partial charge in [-0.25, -0.2) is 4.39 Å². The van der Waals surface area contributed by atoms with Crippen LogP contribution < -0.4 is 4.31 Å². The average Bonchev–Trinajstić information content (AvgIpc) is 3.01. The van der Waals surface area contributed by atoms with Gasteiger partial charge in [0.1, 0.15) is 11.6 Å². The molecule has 35 heavy (non-hydrogen) atoms.